The number of nitrogens with one attached hydrogen (secondary N) is 1. The highest BCUT2D eigenvalue weighted by Gasteiger charge is 2.28. The fraction of sp³-hybridized carbons (Fsp3) is 0.467. The Morgan fingerprint density at radius 2 is 2.48 bits per heavy atom. The molecule has 0 bridgehead atoms. The van der Waals surface area contributed by atoms with Gasteiger partial charge >= 0.3 is 0 Å². The van der Waals surface area contributed by atoms with Crippen LogP contribution in [0.5, 0.6) is 0 Å². The van der Waals surface area contributed by atoms with E-state index in [0.717, 1.165) is 25.2 Å². The molecular formula is C15H19N3O3. The zero-order valence-corrected chi connectivity index (χ0v) is 12.0. The van der Waals surface area contributed by atoms with E-state index in [1.807, 2.05) is 11.1 Å². The molecule has 21 heavy (non-hydrogen) atoms. The van der Waals surface area contributed by atoms with Crippen LogP contribution in [-0.4, -0.2) is 41.0 Å². The molecule has 2 aromatic heterocycles. The summed E-state index contributed by atoms with van der Waals surface area (Å²) in [6, 6.07) is 3.50. The average Bonchev–Trinajstić information content (AvgIpc) is 3.18. The van der Waals surface area contributed by atoms with Crippen LogP contribution < -0.4 is 0 Å². The van der Waals surface area contributed by atoms with Crippen LogP contribution in [0.3, 0.4) is 0 Å². The number of piperidine rings is 1. The fourth-order valence-electron chi connectivity index (χ4n) is 2.75. The lowest BCUT2D eigenvalue weighted by atomic mass is 9.97. The minimum atomic E-state index is -0.0615. The average molecular weight is 289 g/mol. The van der Waals surface area contributed by atoms with Crippen molar-refractivity contribution in [2.24, 2.45) is 0 Å². The van der Waals surface area contributed by atoms with Gasteiger partial charge in [-0.15, -0.1) is 0 Å². The van der Waals surface area contributed by atoms with Crippen molar-refractivity contribution in [1.82, 2.24) is 14.9 Å². The van der Waals surface area contributed by atoms with E-state index < -0.39 is 0 Å². The molecular weight excluding hydrogens is 270 g/mol. The van der Waals surface area contributed by atoms with Crippen LogP contribution in [0.2, 0.25) is 0 Å². The molecule has 0 radical (unpaired) electrons. The van der Waals surface area contributed by atoms with Gasteiger partial charge in [0.2, 0.25) is 0 Å². The summed E-state index contributed by atoms with van der Waals surface area (Å²) in [6.07, 6.45) is 5.59. The maximum atomic E-state index is 12.5. The zero-order chi connectivity index (χ0) is 14.7. The number of likely N-dealkylation sites (tertiary alicyclic amines) is 1. The number of carbonyl (C=O) groups excluding carboxylic acids is 1. The van der Waals surface area contributed by atoms with Crippen LogP contribution in [0.15, 0.2) is 28.9 Å². The molecule has 1 atom stereocenters. The lowest BCUT2D eigenvalue weighted by molar-refractivity contribution is 0.0665. The van der Waals surface area contributed by atoms with Crippen molar-refractivity contribution >= 4 is 5.91 Å². The van der Waals surface area contributed by atoms with E-state index in [2.05, 4.69) is 9.97 Å². The number of imidazole rings is 1. The minimum Gasteiger partial charge on any atom is -0.453 e. The molecule has 0 aliphatic carbocycles. The molecule has 1 amide bonds. The molecule has 0 unspecified atom stereocenters. The summed E-state index contributed by atoms with van der Waals surface area (Å²) in [5.41, 5.74) is 0. The second kappa shape index (κ2) is 6.13. The molecule has 1 aliphatic heterocycles. The van der Waals surface area contributed by atoms with Gasteiger partial charge in [-0.05, 0) is 25.0 Å². The third kappa shape index (κ3) is 3.00. The van der Waals surface area contributed by atoms with E-state index in [1.54, 1.807) is 25.4 Å². The SMILES string of the molecule is COCc1ccc(C(=O)N2CCC[C@@H](c3ncc[nH]3)C2)o1. The summed E-state index contributed by atoms with van der Waals surface area (Å²) >= 11 is 0. The highest BCUT2D eigenvalue weighted by Crippen LogP contribution is 2.25. The van der Waals surface area contributed by atoms with Crippen molar-refractivity contribution in [1.29, 1.82) is 0 Å². The van der Waals surface area contributed by atoms with Crippen LogP contribution in [0.25, 0.3) is 0 Å². The van der Waals surface area contributed by atoms with E-state index >= 15 is 0 Å². The zero-order valence-electron chi connectivity index (χ0n) is 12.0. The number of amides is 1. The van der Waals surface area contributed by atoms with Crippen LogP contribution >= 0.6 is 0 Å². The van der Waals surface area contributed by atoms with Crippen LogP contribution in [0.1, 0.15) is 40.9 Å². The van der Waals surface area contributed by atoms with E-state index in [9.17, 15) is 4.79 Å². The maximum Gasteiger partial charge on any atom is 0.289 e. The second-order valence-electron chi connectivity index (χ2n) is 5.26. The number of aromatic nitrogens is 2. The summed E-state index contributed by atoms with van der Waals surface area (Å²) < 4.78 is 10.5. The molecule has 6 nitrogen and oxygen atoms in total. The summed E-state index contributed by atoms with van der Waals surface area (Å²) in [7, 11) is 1.60. The quantitative estimate of drug-likeness (QED) is 0.936. The lowest BCUT2D eigenvalue weighted by Crippen LogP contribution is -2.39. The number of carbonyl (C=O) groups is 1. The van der Waals surface area contributed by atoms with Gasteiger partial charge < -0.3 is 19.0 Å². The number of nitrogens with zero attached hydrogens (tertiary/aromatic N) is 2. The molecule has 6 heteroatoms. The number of H-pyrrole nitrogens is 1. The van der Waals surface area contributed by atoms with Gasteiger partial charge in [0.1, 0.15) is 18.2 Å². The minimum absolute atomic E-state index is 0.0615. The number of ether oxygens (including phenoxy) is 1. The van der Waals surface area contributed by atoms with Crippen molar-refractivity contribution < 1.29 is 13.9 Å². The molecule has 1 N–H and O–H groups in total. The first kappa shape index (κ1) is 13.9. The number of aromatic amines is 1. The Bertz CT molecular complexity index is 591. The summed E-state index contributed by atoms with van der Waals surface area (Å²) in [6.45, 7) is 1.81. The van der Waals surface area contributed by atoms with E-state index in [1.165, 1.54) is 0 Å². The van der Waals surface area contributed by atoms with Gasteiger partial charge in [0.15, 0.2) is 5.76 Å². The third-order valence-electron chi connectivity index (χ3n) is 3.77. The van der Waals surface area contributed by atoms with Crippen molar-refractivity contribution in [3.8, 4) is 0 Å². The first-order valence-electron chi connectivity index (χ1n) is 7.14. The topological polar surface area (TPSA) is 71.4 Å². The third-order valence-corrected chi connectivity index (χ3v) is 3.77. The van der Waals surface area contributed by atoms with Crippen molar-refractivity contribution in [3.63, 3.8) is 0 Å². The molecule has 3 rings (SSSR count). The molecule has 1 fully saturated rings. The first-order valence-corrected chi connectivity index (χ1v) is 7.14. The summed E-state index contributed by atoms with van der Waals surface area (Å²) in [5, 5.41) is 0. The number of hydrogen-bond acceptors (Lipinski definition) is 4. The summed E-state index contributed by atoms with van der Waals surface area (Å²) in [4.78, 5) is 21.8. The Morgan fingerprint density at radius 3 is 3.24 bits per heavy atom. The van der Waals surface area contributed by atoms with E-state index in [0.29, 0.717) is 24.7 Å². The molecule has 1 aliphatic rings. The van der Waals surface area contributed by atoms with E-state index in [-0.39, 0.29) is 11.8 Å². The smallest absolute Gasteiger partial charge is 0.289 e. The number of hydrogen-bond donors (Lipinski definition) is 1. The van der Waals surface area contributed by atoms with Crippen LogP contribution in [0, 0.1) is 0 Å². The van der Waals surface area contributed by atoms with Gasteiger partial charge in [-0.2, -0.15) is 0 Å². The Balaban J connectivity index is 1.68. The Morgan fingerprint density at radius 1 is 1.57 bits per heavy atom. The van der Waals surface area contributed by atoms with E-state index in [4.69, 9.17) is 9.15 Å². The predicted octanol–water partition coefficient (Wildman–Crippen LogP) is 2.17. The predicted molar refractivity (Wildman–Crippen MR) is 75.9 cm³/mol. The number of rotatable bonds is 4. The van der Waals surface area contributed by atoms with Crippen molar-refractivity contribution in [2.45, 2.75) is 25.4 Å². The number of methoxy groups -OCH3 is 1. The number of furan rings is 1. The molecule has 0 spiro atoms. The van der Waals surface area contributed by atoms with Gasteiger partial charge in [0.25, 0.3) is 5.91 Å². The lowest BCUT2D eigenvalue weighted by Gasteiger charge is -2.31. The molecule has 3 heterocycles. The Labute approximate surface area is 123 Å². The maximum absolute atomic E-state index is 12.5. The Kier molecular flexibility index (Phi) is 4.06. The van der Waals surface area contributed by atoms with Crippen molar-refractivity contribution in [3.05, 3.63) is 41.9 Å². The highest BCUT2D eigenvalue weighted by molar-refractivity contribution is 5.91. The van der Waals surface area contributed by atoms with Crippen molar-refractivity contribution in [2.75, 3.05) is 20.2 Å². The fourth-order valence-corrected chi connectivity index (χ4v) is 2.75. The van der Waals surface area contributed by atoms with Gasteiger partial charge in [-0.1, -0.05) is 0 Å². The van der Waals surface area contributed by atoms with Crippen LogP contribution in [-0.2, 0) is 11.3 Å². The molecule has 1 saturated heterocycles. The van der Waals surface area contributed by atoms with Gasteiger partial charge in [-0.3, -0.25) is 4.79 Å². The molecule has 0 saturated carbocycles. The monoisotopic (exact) mass is 289 g/mol. The summed E-state index contributed by atoms with van der Waals surface area (Å²) in [5.74, 6) is 2.20. The molecule has 0 aromatic carbocycles. The Hall–Kier alpha value is -2.08. The normalized spacial score (nSPS) is 18.9. The standard InChI is InChI=1S/C15H19N3O3/c1-20-10-12-4-5-13(21-12)15(19)18-8-2-3-11(9-18)14-16-6-7-17-14/h4-7,11H,2-3,8-10H2,1H3,(H,16,17)/t11-/m1/s1. The highest BCUT2D eigenvalue weighted by atomic mass is 16.5. The van der Waals surface area contributed by atoms with Gasteiger partial charge in [0, 0.05) is 38.5 Å². The molecule has 112 valence electrons. The first-order chi connectivity index (χ1) is 10.3. The largest absolute Gasteiger partial charge is 0.453 e. The molecule has 2 aromatic rings. The van der Waals surface area contributed by atoms with Gasteiger partial charge in [-0.25, -0.2) is 4.98 Å². The van der Waals surface area contributed by atoms with Gasteiger partial charge in [0.05, 0.1) is 0 Å². The second-order valence-corrected chi connectivity index (χ2v) is 5.26. The van der Waals surface area contributed by atoms with Crippen LogP contribution in [0.4, 0.5) is 0 Å².